The molecular formula is C15H25N3. The normalized spacial score (nSPS) is 25.6. The number of fused-ring (bicyclic) bond motifs is 1. The zero-order chi connectivity index (χ0) is 12.6. The minimum Gasteiger partial charge on any atom is -0.309 e. The van der Waals surface area contributed by atoms with Gasteiger partial charge in [-0.25, -0.2) is 0 Å². The Hall–Kier alpha value is -0.830. The molecule has 1 N–H and O–H groups in total. The highest BCUT2D eigenvalue weighted by Gasteiger charge is 2.35. The van der Waals surface area contributed by atoms with E-state index in [-0.39, 0.29) is 0 Å². The minimum absolute atomic E-state index is 0.548. The molecule has 2 aliphatic carbocycles. The second kappa shape index (κ2) is 4.69. The number of hydrogen-bond donors (Lipinski definition) is 1. The highest BCUT2D eigenvalue weighted by atomic mass is 15.3. The van der Waals surface area contributed by atoms with Gasteiger partial charge in [-0.15, -0.1) is 0 Å². The molecule has 0 saturated heterocycles. The summed E-state index contributed by atoms with van der Waals surface area (Å²) in [6.07, 6.45) is 11.4. The zero-order valence-electron chi connectivity index (χ0n) is 11.7. The van der Waals surface area contributed by atoms with Gasteiger partial charge in [0.05, 0.1) is 6.20 Å². The van der Waals surface area contributed by atoms with Crippen molar-refractivity contribution >= 4 is 0 Å². The van der Waals surface area contributed by atoms with Gasteiger partial charge in [0.1, 0.15) is 0 Å². The third-order valence-electron chi connectivity index (χ3n) is 5.26. The SMILES string of the molecule is CCC1(CNC2CCCc3c2cnn3C)CCC1. The van der Waals surface area contributed by atoms with Crippen molar-refractivity contribution in [2.75, 3.05) is 6.54 Å². The van der Waals surface area contributed by atoms with E-state index in [0.29, 0.717) is 11.5 Å². The second-order valence-electron chi connectivity index (χ2n) is 6.20. The molecule has 1 saturated carbocycles. The van der Waals surface area contributed by atoms with Crippen LogP contribution < -0.4 is 5.32 Å². The quantitative estimate of drug-likeness (QED) is 0.886. The molecule has 1 aromatic rings. The molecule has 100 valence electrons. The Morgan fingerprint density at radius 3 is 2.94 bits per heavy atom. The van der Waals surface area contributed by atoms with Crippen LogP contribution in [0.4, 0.5) is 0 Å². The van der Waals surface area contributed by atoms with Gasteiger partial charge in [-0.3, -0.25) is 4.68 Å². The van der Waals surface area contributed by atoms with E-state index in [2.05, 4.69) is 35.3 Å². The Bertz CT molecular complexity index is 412. The number of aromatic nitrogens is 2. The van der Waals surface area contributed by atoms with Crippen LogP contribution in [0, 0.1) is 5.41 Å². The summed E-state index contributed by atoms with van der Waals surface area (Å²) in [5, 5.41) is 8.26. The van der Waals surface area contributed by atoms with E-state index in [9.17, 15) is 0 Å². The van der Waals surface area contributed by atoms with E-state index in [4.69, 9.17) is 0 Å². The fourth-order valence-corrected chi connectivity index (χ4v) is 3.59. The van der Waals surface area contributed by atoms with Crippen molar-refractivity contribution in [1.82, 2.24) is 15.1 Å². The largest absolute Gasteiger partial charge is 0.309 e. The molecule has 0 bridgehead atoms. The van der Waals surface area contributed by atoms with Gasteiger partial charge < -0.3 is 5.32 Å². The van der Waals surface area contributed by atoms with Crippen molar-refractivity contribution in [3.8, 4) is 0 Å². The summed E-state index contributed by atoms with van der Waals surface area (Å²) in [7, 11) is 2.07. The fraction of sp³-hybridized carbons (Fsp3) is 0.800. The van der Waals surface area contributed by atoms with E-state index in [1.165, 1.54) is 62.7 Å². The zero-order valence-corrected chi connectivity index (χ0v) is 11.7. The molecule has 0 amide bonds. The predicted octanol–water partition coefficient (Wildman–Crippen LogP) is 2.97. The summed E-state index contributed by atoms with van der Waals surface area (Å²) in [4.78, 5) is 0. The highest BCUT2D eigenvalue weighted by Crippen LogP contribution is 2.43. The predicted molar refractivity (Wildman–Crippen MR) is 73.5 cm³/mol. The summed E-state index contributed by atoms with van der Waals surface area (Å²) in [5.41, 5.74) is 3.51. The molecule has 18 heavy (non-hydrogen) atoms. The third-order valence-corrected chi connectivity index (χ3v) is 5.26. The lowest BCUT2D eigenvalue weighted by molar-refractivity contribution is 0.117. The smallest absolute Gasteiger partial charge is 0.0540 e. The molecule has 0 aromatic carbocycles. The molecule has 3 nitrogen and oxygen atoms in total. The van der Waals surface area contributed by atoms with E-state index in [1.54, 1.807) is 0 Å². The Morgan fingerprint density at radius 2 is 2.28 bits per heavy atom. The number of hydrogen-bond acceptors (Lipinski definition) is 2. The van der Waals surface area contributed by atoms with Gasteiger partial charge in [0, 0.05) is 30.9 Å². The molecular weight excluding hydrogens is 222 g/mol. The monoisotopic (exact) mass is 247 g/mol. The molecule has 1 aromatic heterocycles. The van der Waals surface area contributed by atoms with Crippen LogP contribution >= 0.6 is 0 Å². The minimum atomic E-state index is 0.548. The van der Waals surface area contributed by atoms with Crippen molar-refractivity contribution < 1.29 is 0 Å². The van der Waals surface area contributed by atoms with Gasteiger partial charge in [-0.05, 0) is 43.9 Å². The first kappa shape index (κ1) is 12.2. The second-order valence-corrected chi connectivity index (χ2v) is 6.20. The summed E-state index contributed by atoms with van der Waals surface area (Å²) in [5.74, 6) is 0. The molecule has 1 heterocycles. The van der Waals surface area contributed by atoms with Gasteiger partial charge in [0.15, 0.2) is 0 Å². The first-order valence-electron chi connectivity index (χ1n) is 7.48. The molecule has 3 rings (SSSR count). The molecule has 2 aliphatic rings. The first-order chi connectivity index (χ1) is 8.74. The number of rotatable bonds is 4. The molecule has 1 atom stereocenters. The van der Waals surface area contributed by atoms with E-state index < -0.39 is 0 Å². The maximum absolute atomic E-state index is 4.42. The summed E-state index contributed by atoms with van der Waals surface area (Å²) in [6, 6.07) is 0.548. The maximum Gasteiger partial charge on any atom is 0.0540 e. The van der Waals surface area contributed by atoms with Gasteiger partial charge in [0.25, 0.3) is 0 Å². The fourth-order valence-electron chi connectivity index (χ4n) is 3.59. The van der Waals surface area contributed by atoms with Crippen LogP contribution in [0.5, 0.6) is 0 Å². The molecule has 0 radical (unpaired) electrons. The summed E-state index contributed by atoms with van der Waals surface area (Å²) < 4.78 is 2.06. The number of nitrogens with one attached hydrogen (secondary N) is 1. The van der Waals surface area contributed by atoms with Crippen LogP contribution in [-0.2, 0) is 13.5 Å². The van der Waals surface area contributed by atoms with E-state index in [1.807, 2.05) is 0 Å². The lowest BCUT2D eigenvalue weighted by Crippen LogP contribution is -2.41. The van der Waals surface area contributed by atoms with Crippen LogP contribution in [-0.4, -0.2) is 16.3 Å². The standard InChI is InChI=1S/C15H25N3/c1-3-15(8-5-9-15)11-16-13-6-4-7-14-12(13)10-17-18(14)2/h10,13,16H,3-9,11H2,1-2H3. The summed E-state index contributed by atoms with van der Waals surface area (Å²) in [6.45, 7) is 3.54. The Balaban J connectivity index is 1.67. The molecule has 3 heteroatoms. The molecule has 1 unspecified atom stereocenters. The van der Waals surface area contributed by atoms with Crippen LogP contribution in [0.1, 0.15) is 62.7 Å². The van der Waals surface area contributed by atoms with Crippen molar-refractivity contribution in [2.24, 2.45) is 12.5 Å². The van der Waals surface area contributed by atoms with Crippen LogP contribution in [0.25, 0.3) is 0 Å². The van der Waals surface area contributed by atoms with Crippen LogP contribution in [0.3, 0.4) is 0 Å². The third kappa shape index (κ3) is 1.99. The van der Waals surface area contributed by atoms with Gasteiger partial charge in [-0.1, -0.05) is 13.3 Å². The van der Waals surface area contributed by atoms with Crippen molar-refractivity contribution in [3.63, 3.8) is 0 Å². The Kier molecular flexibility index (Phi) is 3.18. The summed E-state index contributed by atoms with van der Waals surface area (Å²) >= 11 is 0. The molecule has 1 fully saturated rings. The van der Waals surface area contributed by atoms with E-state index >= 15 is 0 Å². The van der Waals surface area contributed by atoms with Crippen LogP contribution in [0.2, 0.25) is 0 Å². The Morgan fingerprint density at radius 1 is 1.44 bits per heavy atom. The topological polar surface area (TPSA) is 29.9 Å². The van der Waals surface area contributed by atoms with Crippen LogP contribution in [0.15, 0.2) is 6.20 Å². The van der Waals surface area contributed by atoms with Crippen molar-refractivity contribution in [1.29, 1.82) is 0 Å². The maximum atomic E-state index is 4.42. The lowest BCUT2D eigenvalue weighted by Gasteiger charge is -2.42. The van der Waals surface area contributed by atoms with Gasteiger partial charge in [0.2, 0.25) is 0 Å². The van der Waals surface area contributed by atoms with Gasteiger partial charge >= 0.3 is 0 Å². The molecule has 0 aliphatic heterocycles. The number of aryl methyl sites for hydroxylation is 1. The van der Waals surface area contributed by atoms with E-state index in [0.717, 1.165) is 0 Å². The van der Waals surface area contributed by atoms with Gasteiger partial charge in [-0.2, -0.15) is 5.10 Å². The van der Waals surface area contributed by atoms with Crippen molar-refractivity contribution in [2.45, 2.75) is 57.9 Å². The molecule has 0 spiro atoms. The number of nitrogens with zero attached hydrogens (tertiary/aromatic N) is 2. The first-order valence-corrected chi connectivity index (χ1v) is 7.48. The van der Waals surface area contributed by atoms with Crippen molar-refractivity contribution in [3.05, 3.63) is 17.5 Å². The highest BCUT2D eigenvalue weighted by molar-refractivity contribution is 5.24. The average molecular weight is 247 g/mol. The average Bonchev–Trinajstić information content (AvgIpc) is 2.72. The Labute approximate surface area is 110 Å². The lowest BCUT2D eigenvalue weighted by atomic mass is 9.67.